The van der Waals surface area contributed by atoms with Gasteiger partial charge in [0.1, 0.15) is 11.4 Å². The van der Waals surface area contributed by atoms with Gasteiger partial charge in [0.15, 0.2) is 0 Å². The van der Waals surface area contributed by atoms with Gasteiger partial charge >= 0.3 is 6.03 Å². The molecular formula is C26H28FN3O3. The van der Waals surface area contributed by atoms with Gasteiger partial charge in [-0.15, -0.1) is 0 Å². The Morgan fingerprint density at radius 2 is 1.79 bits per heavy atom. The van der Waals surface area contributed by atoms with Crippen LogP contribution in [0, 0.1) is 5.82 Å². The highest BCUT2D eigenvalue weighted by Gasteiger charge is 2.39. The van der Waals surface area contributed by atoms with Crippen molar-refractivity contribution < 1.29 is 18.8 Å². The van der Waals surface area contributed by atoms with Crippen LogP contribution in [0.15, 0.2) is 48.0 Å². The number of barbiturate groups is 1. The molecule has 1 fully saturated rings. The average Bonchev–Trinajstić information content (AvgIpc) is 2.71. The maximum atomic E-state index is 14.3. The Morgan fingerprint density at radius 3 is 2.45 bits per heavy atom. The third-order valence-electron chi connectivity index (χ3n) is 6.32. The van der Waals surface area contributed by atoms with Crippen molar-refractivity contribution in [1.82, 2.24) is 5.32 Å². The maximum Gasteiger partial charge on any atom is 0.336 e. The van der Waals surface area contributed by atoms with Gasteiger partial charge in [-0.1, -0.05) is 25.1 Å². The van der Waals surface area contributed by atoms with Crippen LogP contribution in [0.2, 0.25) is 0 Å². The summed E-state index contributed by atoms with van der Waals surface area (Å²) in [6, 6.07) is 10.7. The van der Waals surface area contributed by atoms with Crippen LogP contribution in [0.3, 0.4) is 0 Å². The van der Waals surface area contributed by atoms with Crippen molar-refractivity contribution in [2.75, 3.05) is 9.80 Å². The first kappa shape index (κ1) is 22.7. The second-order valence-electron chi connectivity index (χ2n) is 9.61. The number of imide groups is 2. The molecule has 2 aromatic rings. The molecule has 33 heavy (non-hydrogen) atoms. The Morgan fingerprint density at radius 1 is 1.09 bits per heavy atom. The van der Waals surface area contributed by atoms with Gasteiger partial charge in [0, 0.05) is 17.3 Å². The summed E-state index contributed by atoms with van der Waals surface area (Å²) in [4.78, 5) is 41.0. The Hall–Kier alpha value is -3.48. The van der Waals surface area contributed by atoms with Gasteiger partial charge in [-0.05, 0) is 81.5 Å². The van der Waals surface area contributed by atoms with Crippen LogP contribution >= 0.6 is 0 Å². The number of urea groups is 1. The topological polar surface area (TPSA) is 69.7 Å². The van der Waals surface area contributed by atoms with E-state index in [4.69, 9.17) is 0 Å². The van der Waals surface area contributed by atoms with Crippen molar-refractivity contribution in [2.45, 2.75) is 58.5 Å². The van der Waals surface area contributed by atoms with Crippen molar-refractivity contribution >= 4 is 35.3 Å². The summed E-state index contributed by atoms with van der Waals surface area (Å²) in [5.74, 6) is -2.10. The second-order valence-corrected chi connectivity index (χ2v) is 9.61. The molecule has 2 aliphatic rings. The number of benzene rings is 2. The van der Waals surface area contributed by atoms with E-state index in [1.165, 1.54) is 24.3 Å². The van der Waals surface area contributed by atoms with E-state index >= 15 is 0 Å². The Kier molecular flexibility index (Phi) is 5.60. The molecule has 1 saturated heterocycles. The fraction of sp³-hybridized carbons (Fsp3) is 0.346. The number of nitrogens with zero attached hydrogens (tertiary/aromatic N) is 2. The highest BCUT2D eigenvalue weighted by atomic mass is 19.1. The van der Waals surface area contributed by atoms with Crippen LogP contribution in [-0.4, -0.2) is 29.4 Å². The van der Waals surface area contributed by atoms with Crippen LogP contribution in [0.5, 0.6) is 0 Å². The van der Waals surface area contributed by atoms with Crippen LogP contribution in [-0.2, 0) is 9.59 Å². The lowest BCUT2D eigenvalue weighted by atomic mass is 9.78. The van der Waals surface area contributed by atoms with Crippen LogP contribution in [0.4, 0.5) is 20.6 Å². The van der Waals surface area contributed by atoms with E-state index < -0.39 is 23.7 Å². The molecule has 172 valence electrons. The molecule has 4 rings (SSSR count). The summed E-state index contributed by atoms with van der Waals surface area (Å²) >= 11 is 0. The second kappa shape index (κ2) is 8.14. The number of nitrogens with one attached hydrogen (secondary N) is 1. The molecule has 1 atom stereocenters. The van der Waals surface area contributed by atoms with E-state index in [-0.39, 0.29) is 22.7 Å². The van der Waals surface area contributed by atoms with Crippen molar-refractivity contribution in [3.05, 3.63) is 65.0 Å². The molecule has 0 unspecified atom stereocenters. The van der Waals surface area contributed by atoms with Crippen molar-refractivity contribution in [2.24, 2.45) is 0 Å². The first-order valence-electron chi connectivity index (χ1n) is 11.1. The third-order valence-corrected chi connectivity index (χ3v) is 6.32. The molecule has 2 aliphatic heterocycles. The molecule has 2 heterocycles. The molecule has 0 aromatic heterocycles. The van der Waals surface area contributed by atoms with Crippen molar-refractivity contribution in [3.8, 4) is 0 Å². The lowest BCUT2D eigenvalue weighted by Gasteiger charge is -2.50. The molecule has 0 saturated carbocycles. The number of amides is 4. The van der Waals surface area contributed by atoms with Gasteiger partial charge in [-0.2, -0.15) is 0 Å². The lowest BCUT2D eigenvalue weighted by molar-refractivity contribution is -0.122. The number of hydrogen-bond acceptors (Lipinski definition) is 4. The van der Waals surface area contributed by atoms with E-state index in [0.29, 0.717) is 16.5 Å². The minimum atomic E-state index is -0.971. The van der Waals surface area contributed by atoms with E-state index in [9.17, 15) is 18.8 Å². The van der Waals surface area contributed by atoms with E-state index in [2.05, 4.69) is 44.8 Å². The van der Waals surface area contributed by atoms with Crippen LogP contribution in [0.1, 0.15) is 58.1 Å². The average molecular weight is 450 g/mol. The van der Waals surface area contributed by atoms with Crippen molar-refractivity contribution in [3.63, 3.8) is 0 Å². The number of halogens is 1. The molecule has 0 aliphatic carbocycles. The summed E-state index contributed by atoms with van der Waals surface area (Å²) in [5.41, 5.74) is 2.53. The zero-order valence-corrected chi connectivity index (χ0v) is 19.5. The molecular weight excluding hydrogens is 421 g/mol. The molecule has 6 nitrogen and oxygen atoms in total. The lowest BCUT2D eigenvalue weighted by Crippen LogP contribution is -2.54. The molecule has 7 heteroatoms. The van der Waals surface area contributed by atoms with E-state index in [1.807, 2.05) is 18.2 Å². The minimum absolute atomic E-state index is 0.000402. The summed E-state index contributed by atoms with van der Waals surface area (Å²) < 4.78 is 14.3. The quantitative estimate of drug-likeness (QED) is 0.529. The zero-order valence-electron chi connectivity index (χ0n) is 19.5. The highest BCUT2D eigenvalue weighted by Crippen LogP contribution is 2.44. The van der Waals surface area contributed by atoms with Gasteiger partial charge in [-0.25, -0.2) is 14.1 Å². The molecule has 0 bridgehead atoms. The molecule has 2 aromatic carbocycles. The SMILES string of the molecule is CC(C)N1c2ccc(/C=C3\C(=O)NC(=O)N(c4ccccc4F)C3=O)cc2[C@@H](C)CC1(C)C. The summed E-state index contributed by atoms with van der Waals surface area (Å²) in [6.07, 6.45) is 2.43. The highest BCUT2D eigenvalue weighted by molar-refractivity contribution is 6.39. The predicted octanol–water partition coefficient (Wildman–Crippen LogP) is 4.99. The number of carbonyl (C=O) groups is 3. The zero-order chi connectivity index (χ0) is 24.1. The normalized spacial score (nSPS) is 21.5. The molecule has 1 N–H and O–H groups in total. The Bertz CT molecular complexity index is 1190. The predicted molar refractivity (Wildman–Crippen MR) is 127 cm³/mol. The molecule has 4 amide bonds. The van der Waals surface area contributed by atoms with Crippen molar-refractivity contribution in [1.29, 1.82) is 0 Å². The molecule has 0 radical (unpaired) electrons. The standard InChI is InChI=1S/C26H28FN3O3/c1-15(2)30-21-11-10-17(12-18(21)16(3)14-26(30,4)5)13-19-23(31)28-25(33)29(24(19)32)22-9-7-6-8-20(22)27/h6-13,15-16H,14H2,1-5H3,(H,28,31,33)/b19-13+/t16-/m0/s1. The Labute approximate surface area is 193 Å². The number of anilines is 2. The van der Waals surface area contributed by atoms with Gasteiger partial charge in [0.25, 0.3) is 11.8 Å². The number of hydrogen-bond donors (Lipinski definition) is 1. The molecule has 0 spiro atoms. The summed E-state index contributed by atoms with van der Waals surface area (Å²) in [5, 5.41) is 2.14. The largest absolute Gasteiger partial charge is 0.364 e. The summed E-state index contributed by atoms with van der Waals surface area (Å²) in [7, 11) is 0. The fourth-order valence-corrected chi connectivity index (χ4v) is 5.21. The first-order chi connectivity index (χ1) is 15.5. The maximum absolute atomic E-state index is 14.3. The van der Waals surface area contributed by atoms with E-state index in [1.54, 1.807) is 0 Å². The fourth-order valence-electron chi connectivity index (χ4n) is 5.21. The number of para-hydroxylation sites is 1. The van der Waals surface area contributed by atoms with Gasteiger partial charge in [0.05, 0.1) is 5.69 Å². The van der Waals surface area contributed by atoms with Gasteiger partial charge < -0.3 is 4.90 Å². The van der Waals surface area contributed by atoms with Gasteiger partial charge in [0.2, 0.25) is 0 Å². The first-order valence-corrected chi connectivity index (χ1v) is 11.1. The third kappa shape index (κ3) is 3.92. The van der Waals surface area contributed by atoms with E-state index in [0.717, 1.165) is 23.7 Å². The number of fused-ring (bicyclic) bond motifs is 1. The minimum Gasteiger partial charge on any atom is -0.364 e. The Balaban J connectivity index is 1.75. The summed E-state index contributed by atoms with van der Waals surface area (Å²) in [6.45, 7) is 11.0. The van der Waals surface area contributed by atoms with Crippen LogP contribution < -0.4 is 15.1 Å². The monoisotopic (exact) mass is 449 g/mol. The van der Waals surface area contributed by atoms with Gasteiger partial charge in [-0.3, -0.25) is 14.9 Å². The number of rotatable bonds is 3. The van der Waals surface area contributed by atoms with Crippen LogP contribution in [0.25, 0.3) is 6.08 Å². The smallest absolute Gasteiger partial charge is 0.336 e. The number of carbonyl (C=O) groups excluding carboxylic acids is 3.